The minimum absolute atomic E-state index is 0.684. The van der Waals surface area contributed by atoms with Gasteiger partial charge in [-0.25, -0.2) is 4.98 Å². The Hall–Kier alpha value is -2.40. The molecular weight excluding hydrogens is 310 g/mol. The number of nitrogens with zero attached hydrogens (tertiary/aromatic N) is 5. The number of hydrogen-bond donors (Lipinski definition) is 0. The fraction of sp³-hybridized carbons (Fsp3) is 0.400. The first-order valence-corrected chi connectivity index (χ1v) is 9.03. The van der Waals surface area contributed by atoms with Gasteiger partial charge in [-0.2, -0.15) is 0 Å². The Labute approximate surface area is 148 Å². The SMILES string of the molecule is CC(C)CCN1CN(Cc2ccccn2)Cn2c1nc1ccccc12. The summed E-state index contributed by atoms with van der Waals surface area (Å²) < 4.78 is 2.34. The van der Waals surface area contributed by atoms with Gasteiger partial charge in [0.15, 0.2) is 0 Å². The third kappa shape index (κ3) is 3.37. The van der Waals surface area contributed by atoms with Crippen LogP contribution in [0.25, 0.3) is 11.0 Å². The molecule has 0 aliphatic carbocycles. The summed E-state index contributed by atoms with van der Waals surface area (Å²) in [6.07, 6.45) is 3.04. The van der Waals surface area contributed by atoms with Crippen molar-refractivity contribution >= 4 is 17.0 Å². The van der Waals surface area contributed by atoms with Crippen LogP contribution < -0.4 is 4.90 Å². The Morgan fingerprint density at radius 2 is 1.88 bits per heavy atom. The molecule has 4 rings (SSSR count). The van der Waals surface area contributed by atoms with Crippen molar-refractivity contribution in [1.29, 1.82) is 0 Å². The zero-order chi connectivity index (χ0) is 17.2. The van der Waals surface area contributed by atoms with Crippen LogP contribution in [-0.2, 0) is 13.2 Å². The summed E-state index contributed by atoms with van der Waals surface area (Å²) in [4.78, 5) is 14.2. The third-order valence-electron chi connectivity index (χ3n) is 4.72. The fourth-order valence-electron chi connectivity index (χ4n) is 3.40. The molecule has 0 saturated carbocycles. The van der Waals surface area contributed by atoms with Gasteiger partial charge in [0, 0.05) is 19.3 Å². The molecule has 3 heterocycles. The van der Waals surface area contributed by atoms with Crippen LogP contribution in [0.15, 0.2) is 48.7 Å². The largest absolute Gasteiger partial charge is 0.329 e. The number of anilines is 1. The van der Waals surface area contributed by atoms with Crippen molar-refractivity contribution in [1.82, 2.24) is 19.4 Å². The van der Waals surface area contributed by atoms with E-state index in [0.29, 0.717) is 5.92 Å². The van der Waals surface area contributed by atoms with Gasteiger partial charge in [-0.1, -0.05) is 32.0 Å². The van der Waals surface area contributed by atoms with E-state index in [9.17, 15) is 0 Å². The van der Waals surface area contributed by atoms with Crippen LogP contribution in [-0.4, -0.2) is 32.6 Å². The van der Waals surface area contributed by atoms with Crippen molar-refractivity contribution < 1.29 is 0 Å². The summed E-state index contributed by atoms with van der Waals surface area (Å²) in [5.74, 6) is 1.78. The second-order valence-electron chi connectivity index (χ2n) is 7.21. The lowest BCUT2D eigenvalue weighted by Crippen LogP contribution is -2.45. The molecule has 0 amide bonds. The highest BCUT2D eigenvalue weighted by Crippen LogP contribution is 2.27. The van der Waals surface area contributed by atoms with Crippen LogP contribution in [0.5, 0.6) is 0 Å². The van der Waals surface area contributed by atoms with Crippen LogP contribution in [0, 0.1) is 5.92 Å². The number of rotatable bonds is 5. The molecule has 3 aromatic rings. The van der Waals surface area contributed by atoms with Gasteiger partial charge in [0.1, 0.15) is 0 Å². The second kappa shape index (κ2) is 6.84. The van der Waals surface area contributed by atoms with Crippen LogP contribution in [0.3, 0.4) is 0 Å². The van der Waals surface area contributed by atoms with Gasteiger partial charge in [0.25, 0.3) is 0 Å². The van der Waals surface area contributed by atoms with Gasteiger partial charge >= 0.3 is 0 Å². The molecular formula is C20H25N5. The lowest BCUT2D eigenvalue weighted by Gasteiger charge is -2.37. The maximum Gasteiger partial charge on any atom is 0.208 e. The molecule has 0 spiro atoms. The lowest BCUT2D eigenvalue weighted by atomic mass is 10.1. The zero-order valence-electron chi connectivity index (χ0n) is 15.0. The molecule has 0 radical (unpaired) electrons. The summed E-state index contributed by atoms with van der Waals surface area (Å²) in [5, 5.41) is 0. The topological polar surface area (TPSA) is 37.2 Å². The van der Waals surface area contributed by atoms with Crippen molar-refractivity contribution in [2.75, 3.05) is 18.1 Å². The maximum absolute atomic E-state index is 4.90. The van der Waals surface area contributed by atoms with Gasteiger partial charge in [-0.3, -0.25) is 14.5 Å². The zero-order valence-corrected chi connectivity index (χ0v) is 15.0. The molecule has 130 valence electrons. The predicted octanol–water partition coefficient (Wildman–Crippen LogP) is 3.71. The first-order chi connectivity index (χ1) is 12.2. The van der Waals surface area contributed by atoms with Crippen LogP contribution >= 0.6 is 0 Å². The minimum atomic E-state index is 0.684. The fourth-order valence-corrected chi connectivity index (χ4v) is 3.40. The van der Waals surface area contributed by atoms with Crippen molar-refractivity contribution in [2.24, 2.45) is 5.92 Å². The Morgan fingerprint density at radius 3 is 2.68 bits per heavy atom. The Morgan fingerprint density at radius 1 is 1.04 bits per heavy atom. The lowest BCUT2D eigenvalue weighted by molar-refractivity contribution is 0.187. The number of hydrogen-bond acceptors (Lipinski definition) is 4. The molecule has 1 aliphatic heterocycles. The number of para-hydroxylation sites is 2. The van der Waals surface area contributed by atoms with Gasteiger partial charge in [0.05, 0.1) is 30.1 Å². The van der Waals surface area contributed by atoms with Gasteiger partial charge in [-0.05, 0) is 36.6 Å². The van der Waals surface area contributed by atoms with E-state index >= 15 is 0 Å². The van der Waals surface area contributed by atoms with E-state index in [1.165, 1.54) is 11.9 Å². The van der Waals surface area contributed by atoms with Crippen LogP contribution in [0.4, 0.5) is 5.95 Å². The molecule has 2 aromatic heterocycles. The Kier molecular flexibility index (Phi) is 4.40. The highest BCUT2D eigenvalue weighted by molar-refractivity contribution is 5.79. The van der Waals surface area contributed by atoms with E-state index < -0.39 is 0 Å². The first-order valence-electron chi connectivity index (χ1n) is 9.03. The number of imidazole rings is 1. The van der Waals surface area contributed by atoms with Crippen molar-refractivity contribution in [3.63, 3.8) is 0 Å². The molecule has 5 heteroatoms. The molecule has 0 N–H and O–H groups in total. The van der Waals surface area contributed by atoms with E-state index in [1.807, 2.05) is 12.3 Å². The Balaban J connectivity index is 1.65. The maximum atomic E-state index is 4.90. The van der Waals surface area contributed by atoms with E-state index in [1.54, 1.807) is 0 Å². The number of fused-ring (bicyclic) bond motifs is 3. The Bertz CT molecular complexity index is 840. The van der Waals surface area contributed by atoms with Gasteiger partial charge in [0.2, 0.25) is 5.95 Å². The standard InChI is InChI=1S/C20H25N5/c1-16(2)10-12-24-14-23(13-17-7-5-6-11-21-17)15-25-19-9-4-3-8-18(19)22-20(24)25/h3-9,11,16H,10,12-15H2,1-2H3. The average Bonchev–Trinajstić information content (AvgIpc) is 2.99. The molecule has 1 aliphatic rings. The number of pyridine rings is 1. The van der Waals surface area contributed by atoms with Gasteiger partial charge in [-0.15, -0.1) is 0 Å². The summed E-state index contributed by atoms with van der Waals surface area (Å²) in [7, 11) is 0. The summed E-state index contributed by atoms with van der Waals surface area (Å²) in [6, 6.07) is 14.5. The van der Waals surface area contributed by atoms with E-state index in [2.05, 4.69) is 69.6 Å². The highest BCUT2D eigenvalue weighted by Gasteiger charge is 2.26. The quantitative estimate of drug-likeness (QED) is 0.712. The minimum Gasteiger partial charge on any atom is -0.329 e. The summed E-state index contributed by atoms with van der Waals surface area (Å²) in [5.41, 5.74) is 3.39. The third-order valence-corrected chi connectivity index (χ3v) is 4.72. The van der Waals surface area contributed by atoms with E-state index in [4.69, 9.17) is 4.98 Å². The molecule has 0 bridgehead atoms. The van der Waals surface area contributed by atoms with Crippen LogP contribution in [0.2, 0.25) is 0 Å². The molecule has 0 fully saturated rings. The van der Waals surface area contributed by atoms with Crippen molar-refractivity contribution in [3.05, 3.63) is 54.4 Å². The molecule has 0 saturated heterocycles. The number of aromatic nitrogens is 3. The van der Waals surface area contributed by atoms with Crippen molar-refractivity contribution in [2.45, 2.75) is 33.5 Å². The second-order valence-corrected chi connectivity index (χ2v) is 7.21. The monoisotopic (exact) mass is 335 g/mol. The van der Waals surface area contributed by atoms with Crippen molar-refractivity contribution in [3.8, 4) is 0 Å². The summed E-state index contributed by atoms with van der Waals surface area (Å²) >= 11 is 0. The van der Waals surface area contributed by atoms with E-state index in [0.717, 1.165) is 43.6 Å². The summed E-state index contributed by atoms with van der Waals surface area (Å²) in [6.45, 7) is 8.18. The van der Waals surface area contributed by atoms with E-state index in [-0.39, 0.29) is 0 Å². The number of benzene rings is 1. The smallest absolute Gasteiger partial charge is 0.208 e. The highest BCUT2D eigenvalue weighted by atomic mass is 15.5. The van der Waals surface area contributed by atoms with Gasteiger partial charge < -0.3 is 4.90 Å². The predicted molar refractivity (Wildman–Crippen MR) is 101 cm³/mol. The molecule has 1 aromatic carbocycles. The molecule has 0 atom stereocenters. The molecule has 25 heavy (non-hydrogen) atoms. The average molecular weight is 335 g/mol. The molecule has 0 unspecified atom stereocenters. The molecule has 5 nitrogen and oxygen atoms in total. The first kappa shape index (κ1) is 16.1. The van der Waals surface area contributed by atoms with Crippen LogP contribution in [0.1, 0.15) is 26.0 Å². The normalized spacial score (nSPS) is 15.1.